The Morgan fingerprint density at radius 2 is 1.87 bits per heavy atom. The van der Waals surface area contributed by atoms with Crippen LogP contribution in [-0.4, -0.2) is 16.8 Å². The summed E-state index contributed by atoms with van der Waals surface area (Å²) < 4.78 is 37.8. The highest BCUT2D eigenvalue weighted by Gasteiger charge is 2.30. The molecule has 1 saturated carbocycles. The van der Waals surface area contributed by atoms with E-state index in [4.69, 9.17) is 0 Å². The number of benzene rings is 1. The van der Waals surface area contributed by atoms with Crippen LogP contribution in [0.15, 0.2) is 42.6 Å². The molecule has 0 bridgehead atoms. The standard InChI is InChI=1S/C22H24F3N3O2/c1-14(17-11-12-26-19(13-17)28-21(30)16-7-8-16)27-20(29)4-2-3-15-5-9-18(10-6-15)22(23,24)25/h5-6,9-14,16H,2-4,7-8H2,1H3,(H,27,29)(H,26,28,30). The molecule has 1 aromatic heterocycles. The first kappa shape index (κ1) is 21.8. The number of hydrogen-bond acceptors (Lipinski definition) is 3. The summed E-state index contributed by atoms with van der Waals surface area (Å²) in [6, 6.07) is 8.26. The number of anilines is 1. The quantitative estimate of drug-likeness (QED) is 0.654. The van der Waals surface area contributed by atoms with E-state index in [1.54, 1.807) is 18.3 Å². The van der Waals surface area contributed by atoms with Crippen LogP contribution in [0.5, 0.6) is 0 Å². The molecule has 1 aromatic carbocycles. The van der Waals surface area contributed by atoms with Crippen LogP contribution in [-0.2, 0) is 22.2 Å². The zero-order valence-corrected chi connectivity index (χ0v) is 16.6. The van der Waals surface area contributed by atoms with Gasteiger partial charge in [-0.25, -0.2) is 4.98 Å². The molecule has 8 heteroatoms. The van der Waals surface area contributed by atoms with Gasteiger partial charge in [-0.1, -0.05) is 12.1 Å². The summed E-state index contributed by atoms with van der Waals surface area (Å²) in [6.45, 7) is 1.84. The van der Waals surface area contributed by atoms with E-state index in [2.05, 4.69) is 15.6 Å². The van der Waals surface area contributed by atoms with Gasteiger partial charge in [0.15, 0.2) is 0 Å². The molecule has 1 atom stereocenters. The van der Waals surface area contributed by atoms with Crippen molar-refractivity contribution in [2.45, 2.75) is 51.2 Å². The third-order valence-electron chi connectivity index (χ3n) is 5.01. The van der Waals surface area contributed by atoms with Gasteiger partial charge in [-0.15, -0.1) is 0 Å². The average Bonchev–Trinajstić information content (AvgIpc) is 3.53. The van der Waals surface area contributed by atoms with E-state index < -0.39 is 11.7 Å². The summed E-state index contributed by atoms with van der Waals surface area (Å²) in [5.74, 6) is 0.374. The van der Waals surface area contributed by atoms with Gasteiger partial charge >= 0.3 is 6.18 Å². The second-order valence-corrected chi connectivity index (χ2v) is 7.58. The van der Waals surface area contributed by atoms with Gasteiger partial charge in [-0.2, -0.15) is 13.2 Å². The number of amides is 2. The number of aryl methyl sites for hydroxylation is 1. The molecule has 1 aliphatic rings. The largest absolute Gasteiger partial charge is 0.416 e. The number of aromatic nitrogens is 1. The fourth-order valence-electron chi connectivity index (χ4n) is 3.07. The van der Waals surface area contributed by atoms with Crippen LogP contribution < -0.4 is 10.6 Å². The number of rotatable bonds is 8. The fraction of sp³-hybridized carbons (Fsp3) is 0.409. The summed E-state index contributed by atoms with van der Waals surface area (Å²) in [4.78, 5) is 28.2. The van der Waals surface area contributed by atoms with E-state index in [1.807, 2.05) is 6.92 Å². The lowest BCUT2D eigenvalue weighted by molar-refractivity contribution is -0.137. The molecule has 0 saturated heterocycles. The zero-order valence-electron chi connectivity index (χ0n) is 16.6. The highest BCUT2D eigenvalue weighted by molar-refractivity contribution is 5.93. The Morgan fingerprint density at radius 1 is 1.17 bits per heavy atom. The van der Waals surface area contributed by atoms with Crippen molar-refractivity contribution in [1.82, 2.24) is 10.3 Å². The van der Waals surface area contributed by atoms with Crippen LogP contribution in [0.4, 0.5) is 19.0 Å². The van der Waals surface area contributed by atoms with Crippen molar-refractivity contribution < 1.29 is 22.8 Å². The molecule has 2 N–H and O–H groups in total. The van der Waals surface area contributed by atoms with Crippen molar-refractivity contribution >= 4 is 17.6 Å². The molecular formula is C22H24F3N3O2. The number of carbonyl (C=O) groups is 2. The maximum atomic E-state index is 12.6. The van der Waals surface area contributed by atoms with E-state index in [9.17, 15) is 22.8 Å². The number of alkyl halides is 3. The molecule has 1 unspecified atom stereocenters. The Balaban J connectivity index is 1.44. The van der Waals surface area contributed by atoms with Gasteiger partial charge < -0.3 is 10.6 Å². The minimum Gasteiger partial charge on any atom is -0.350 e. The summed E-state index contributed by atoms with van der Waals surface area (Å²) in [5, 5.41) is 5.68. The van der Waals surface area contributed by atoms with Crippen LogP contribution in [0.3, 0.4) is 0 Å². The Bertz CT molecular complexity index is 893. The van der Waals surface area contributed by atoms with E-state index in [0.717, 1.165) is 36.1 Å². The van der Waals surface area contributed by atoms with Crippen LogP contribution in [0.1, 0.15) is 55.3 Å². The molecule has 160 valence electrons. The van der Waals surface area contributed by atoms with Gasteiger partial charge in [0.1, 0.15) is 5.82 Å². The third-order valence-corrected chi connectivity index (χ3v) is 5.01. The third kappa shape index (κ3) is 6.30. The first-order valence-electron chi connectivity index (χ1n) is 9.94. The first-order chi connectivity index (χ1) is 14.2. The normalized spacial score (nSPS) is 14.8. The van der Waals surface area contributed by atoms with Crippen molar-refractivity contribution in [3.8, 4) is 0 Å². The lowest BCUT2D eigenvalue weighted by atomic mass is 10.1. The zero-order chi connectivity index (χ0) is 21.7. The SMILES string of the molecule is CC(NC(=O)CCCc1ccc(C(F)(F)F)cc1)c1ccnc(NC(=O)C2CC2)c1. The highest BCUT2D eigenvalue weighted by Crippen LogP contribution is 2.30. The topological polar surface area (TPSA) is 71.1 Å². The Kier molecular flexibility index (Phi) is 6.74. The number of hydrogen-bond donors (Lipinski definition) is 2. The predicted molar refractivity (Wildman–Crippen MR) is 107 cm³/mol. The average molecular weight is 419 g/mol. The number of carbonyl (C=O) groups excluding carboxylic acids is 2. The number of nitrogens with one attached hydrogen (secondary N) is 2. The van der Waals surface area contributed by atoms with Crippen molar-refractivity contribution in [3.05, 3.63) is 59.3 Å². The van der Waals surface area contributed by atoms with E-state index >= 15 is 0 Å². The maximum Gasteiger partial charge on any atom is 0.416 e. The molecular weight excluding hydrogens is 395 g/mol. The second kappa shape index (κ2) is 9.28. The molecule has 0 spiro atoms. The van der Waals surface area contributed by atoms with Crippen LogP contribution in [0, 0.1) is 5.92 Å². The first-order valence-corrected chi connectivity index (χ1v) is 9.94. The molecule has 3 rings (SSSR count). The maximum absolute atomic E-state index is 12.6. The van der Waals surface area contributed by atoms with Crippen molar-refractivity contribution in [1.29, 1.82) is 0 Å². The molecule has 1 aliphatic carbocycles. The molecule has 2 amide bonds. The number of nitrogens with zero attached hydrogens (tertiary/aromatic N) is 1. The minimum absolute atomic E-state index is 0.0281. The molecule has 0 aliphatic heterocycles. The van der Waals surface area contributed by atoms with Crippen molar-refractivity contribution in [3.63, 3.8) is 0 Å². The van der Waals surface area contributed by atoms with Gasteiger partial charge in [-0.05, 0) is 68.0 Å². The van der Waals surface area contributed by atoms with Crippen LogP contribution in [0.2, 0.25) is 0 Å². The molecule has 2 aromatic rings. The summed E-state index contributed by atoms with van der Waals surface area (Å²) in [5.41, 5.74) is 0.907. The van der Waals surface area contributed by atoms with E-state index in [1.165, 1.54) is 12.1 Å². The number of pyridine rings is 1. The van der Waals surface area contributed by atoms with E-state index in [-0.39, 0.29) is 30.2 Å². The second-order valence-electron chi connectivity index (χ2n) is 7.58. The van der Waals surface area contributed by atoms with Gasteiger partial charge in [0.05, 0.1) is 11.6 Å². The Morgan fingerprint density at radius 3 is 2.50 bits per heavy atom. The predicted octanol–water partition coefficient (Wildman–Crippen LogP) is 4.65. The van der Waals surface area contributed by atoms with E-state index in [0.29, 0.717) is 18.7 Å². The van der Waals surface area contributed by atoms with Crippen LogP contribution in [0.25, 0.3) is 0 Å². The Hall–Kier alpha value is -2.90. The molecule has 1 fully saturated rings. The summed E-state index contributed by atoms with van der Waals surface area (Å²) in [6.07, 6.45) is 0.374. The van der Waals surface area contributed by atoms with Gasteiger partial charge in [0.2, 0.25) is 11.8 Å². The minimum atomic E-state index is -4.35. The highest BCUT2D eigenvalue weighted by atomic mass is 19.4. The summed E-state index contributed by atoms with van der Waals surface area (Å²) in [7, 11) is 0. The molecule has 1 heterocycles. The fourth-order valence-corrected chi connectivity index (χ4v) is 3.07. The smallest absolute Gasteiger partial charge is 0.350 e. The summed E-state index contributed by atoms with van der Waals surface area (Å²) >= 11 is 0. The number of halogens is 3. The molecule has 30 heavy (non-hydrogen) atoms. The molecule has 5 nitrogen and oxygen atoms in total. The van der Waals surface area contributed by atoms with Crippen molar-refractivity contribution in [2.75, 3.05) is 5.32 Å². The van der Waals surface area contributed by atoms with Gasteiger partial charge in [0.25, 0.3) is 0 Å². The van der Waals surface area contributed by atoms with Crippen molar-refractivity contribution in [2.24, 2.45) is 5.92 Å². The molecule has 0 radical (unpaired) electrons. The monoisotopic (exact) mass is 419 g/mol. The lowest BCUT2D eigenvalue weighted by Crippen LogP contribution is -2.26. The van der Waals surface area contributed by atoms with Crippen LogP contribution >= 0.6 is 0 Å². The van der Waals surface area contributed by atoms with Gasteiger partial charge in [-0.3, -0.25) is 9.59 Å². The lowest BCUT2D eigenvalue weighted by Gasteiger charge is -2.15. The Labute approximate surface area is 173 Å². The van der Waals surface area contributed by atoms with Gasteiger partial charge in [0, 0.05) is 18.5 Å².